The van der Waals surface area contributed by atoms with Gasteiger partial charge in [-0.15, -0.1) is 32.9 Å². The molecule has 0 bridgehead atoms. The minimum absolute atomic E-state index is 0.0705. The van der Waals surface area contributed by atoms with Crippen molar-refractivity contribution in [1.29, 1.82) is 0 Å². The van der Waals surface area contributed by atoms with E-state index in [9.17, 15) is 4.79 Å². The maximum atomic E-state index is 12.2. The highest BCUT2D eigenvalue weighted by molar-refractivity contribution is 8.00. The van der Waals surface area contributed by atoms with E-state index < -0.39 is 0 Å². The van der Waals surface area contributed by atoms with Gasteiger partial charge in [-0.2, -0.15) is 0 Å². The first-order valence-electron chi connectivity index (χ1n) is 8.30. The van der Waals surface area contributed by atoms with E-state index in [1.54, 1.807) is 22.7 Å². The van der Waals surface area contributed by atoms with Crippen molar-refractivity contribution < 1.29 is 4.79 Å². The van der Waals surface area contributed by atoms with Crippen molar-refractivity contribution in [3.8, 4) is 10.6 Å². The largest absolute Gasteiger partial charge is 0.353 e. The number of thioether (sulfide) groups is 1. The summed E-state index contributed by atoms with van der Waals surface area (Å²) in [4.78, 5) is 17.9. The summed E-state index contributed by atoms with van der Waals surface area (Å²) < 4.78 is 1.05. The van der Waals surface area contributed by atoms with E-state index in [1.807, 2.05) is 24.4 Å². The normalized spacial score (nSPS) is 15.1. The van der Waals surface area contributed by atoms with Crippen LogP contribution in [0.3, 0.4) is 0 Å². The zero-order chi connectivity index (χ0) is 17.2. The predicted molar refractivity (Wildman–Crippen MR) is 104 cm³/mol. The Morgan fingerprint density at radius 2 is 2.20 bits per heavy atom. The Morgan fingerprint density at radius 1 is 1.36 bits per heavy atom. The van der Waals surface area contributed by atoms with Crippen LogP contribution in [0.5, 0.6) is 0 Å². The van der Waals surface area contributed by atoms with E-state index in [4.69, 9.17) is 0 Å². The molecule has 0 radical (unpaired) electrons. The van der Waals surface area contributed by atoms with Crippen molar-refractivity contribution in [2.75, 3.05) is 5.75 Å². The molecule has 0 aromatic carbocycles. The molecule has 1 aliphatic rings. The highest BCUT2D eigenvalue weighted by Gasteiger charge is 2.19. The van der Waals surface area contributed by atoms with Crippen molar-refractivity contribution in [2.45, 2.75) is 43.7 Å². The second-order valence-corrected chi connectivity index (χ2v) is 9.19. The van der Waals surface area contributed by atoms with E-state index in [-0.39, 0.29) is 5.91 Å². The van der Waals surface area contributed by atoms with Crippen LogP contribution in [0.4, 0.5) is 0 Å². The van der Waals surface area contributed by atoms with Gasteiger partial charge in [0.1, 0.15) is 16.2 Å². The van der Waals surface area contributed by atoms with Gasteiger partial charge < -0.3 is 5.32 Å². The molecule has 0 unspecified atom stereocenters. The maximum absolute atomic E-state index is 12.2. The molecule has 8 heteroatoms. The van der Waals surface area contributed by atoms with Gasteiger partial charge in [0, 0.05) is 6.04 Å². The lowest BCUT2D eigenvalue weighted by Crippen LogP contribution is -2.33. The lowest BCUT2D eigenvalue weighted by Gasteiger charge is -2.11. The molecule has 1 saturated carbocycles. The van der Waals surface area contributed by atoms with Gasteiger partial charge in [0.25, 0.3) is 0 Å². The Balaban J connectivity index is 1.54. The second kappa shape index (κ2) is 7.39. The van der Waals surface area contributed by atoms with Gasteiger partial charge >= 0.3 is 0 Å². The summed E-state index contributed by atoms with van der Waals surface area (Å²) in [5.74, 6) is 0.427. The van der Waals surface area contributed by atoms with Crippen LogP contribution in [0, 0.1) is 6.92 Å². The quantitative estimate of drug-likeness (QED) is 0.659. The van der Waals surface area contributed by atoms with Gasteiger partial charge in [-0.25, -0.2) is 4.98 Å². The summed E-state index contributed by atoms with van der Waals surface area (Å²) in [5.41, 5.74) is 1.75. The number of carbonyl (C=O) groups excluding carboxylic acids is 1. The summed E-state index contributed by atoms with van der Waals surface area (Å²) in [6, 6.07) is 4.41. The molecule has 1 fully saturated rings. The molecule has 3 aromatic heterocycles. The summed E-state index contributed by atoms with van der Waals surface area (Å²) in [6.07, 6.45) is 4.63. The highest BCUT2D eigenvalue weighted by Crippen LogP contribution is 2.36. The van der Waals surface area contributed by atoms with E-state index >= 15 is 0 Å². The van der Waals surface area contributed by atoms with Crippen molar-refractivity contribution in [3.05, 3.63) is 22.5 Å². The molecule has 4 rings (SSSR count). The van der Waals surface area contributed by atoms with Gasteiger partial charge in [0.05, 0.1) is 20.3 Å². The fraction of sp³-hybridized carbons (Fsp3) is 0.412. The summed E-state index contributed by atoms with van der Waals surface area (Å²) in [5, 5.41) is 15.7. The molecule has 0 atom stereocenters. The third-order valence-corrected chi connectivity index (χ3v) is 7.02. The lowest BCUT2D eigenvalue weighted by atomic mass is 10.2. The molecule has 0 aliphatic heterocycles. The van der Waals surface area contributed by atoms with Crippen LogP contribution in [-0.4, -0.2) is 32.9 Å². The summed E-state index contributed by atoms with van der Waals surface area (Å²) >= 11 is 4.70. The molecule has 3 aromatic rings. The first-order chi connectivity index (χ1) is 12.2. The van der Waals surface area contributed by atoms with Crippen LogP contribution in [0.1, 0.15) is 30.7 Å². The van der Waals surface area contributed by atoms with E-state index in [1.165, 1.54) is 24.6 Å². The van der Waals surface area contributed by atoms with E-state index in [0.717, 1.165) is 43.7 Å². The molecule has 5 nitrogen and oxygen atoms in total. The van der Waals surface area contributed by atoms with Gasteiger partial charge in [-0.3, -0.25) is 4.79 Å². The fourth-order valence-corrected chi connectivity index (χ4v) is 5.56. The molecular weight excluding hydrogens is 372 g/mol. The number of aromatic nitrogens is 3. The van der Waals surface area contributed by atoms with Gasteiger partial charge in [-0.1, -0.05) is 30.7 Å². The number of fused-ring (bicyclic) bond motifs is 1. The van der Waals surface area contributed by atoms with Crippen molar-refractivity contribution >= 4 is 50.6 Å². The fourth-order valence-electron chi connectivity index (χ4n) is 3.07. The Labute approximate surface area is 158 Å². The Morgan fingerprint density at radius 3 is 2.96 bits per heavy atom. The second-order valence-electron chi connectivity index (χ2n) is 6.08. The average Bonchev–Trinajstić information content (AvgIpc) is 3.33. The zero-order valence-electron chi connectivity index (χ0n) is 13.8. The standard InChI is InChI=1S/C17H18N4OS3/c1-10-18-15-16(25-10)14(12-7-4-8-23-12)20-21-17(15)24-9-13(22)19-11-5-2-3-6-11/h4,7-8,11H,2-3,5-6,9H2,1H3,(H,19,22). The van der Waals surface area contributed by atoms with Gasteiger partial charge in [-0.05, 0) is 31.2 Å². The average molecular weight is 391 g/mol. The molecule has 1 amide bonds. The molecule has 3 heterocycles. The Hall–Kier alpha value is -1.51. The van der Waals surface area contributed by atoms with Crippen LogP contribution in [-0.2, 0) is 4.79 Å². The Kier molecular flexibility index (Phi) is 5.00. The van der Waals surface area contributed by atoms with E-state index in [2.05, 4.69) is 20.5 Å². The molecular formula is C17H18N4OS3. The number of hydrogen-bond acceptors (Lipinski definition) is 7. The number of hydrogen-bond donors (Lipinski definition) is 1. The minimum Gasteiger partial charge on any atom is -0.353 e. The van der Waals surface area contributed by atoms with Crippen LogP contribution < -0.4 is 5.32 Å². The summed E-state index contributed by atoms with van der Waals surface area (Å²) in [6.45, 7) is 1.99. The number of amides is 1. The molecule has 1 N–H and O–H groups in total. The maximum Gasteiger partial charge on any atom is 0.230 e. The highest BCUT2D eigenvalue weighted by atomic mass is 32.2. The number of thiazole rings is 1. The monoisotopic (exact) mass is 390 g/mol. The molecule has 25 heavy (non-hydrogen) atoms. The lowest BCUT2D eigenvalue weighted by molar-refractivity contribution is -0.119. The summed E-state index contributed by atoms with van der Waals surface area (Å²) in [7, 11) is 0. The van der Waals surface area contributed by atoms with Crippen LogP contribution in [0.25, 0.3) is 20.8 Å². The third kappa shape index (κ3) is 3.70. The number of thiophene rings is 1. The third-order valence-electron chi connectivity index (χ3n) is 4.21. The van der Waals surface area contributed by atoms with Gasteiger partial charge in [0.2, 0.25) is 5.91 Å². The number of aryl methyl sites for hydroxylation is 1. The van der Waals surface area contributed by atoms with Crippen molar-refractivity contribution in [1.82, 2.24) is 20.5 Å². The number of nitrogens with zero attached hydrogens (tertiary/aromatic N) is 3. The predicted octanol–water partition coefficient (Wildman–Crippen LogP) is 4.27. The van der Waals surface area contributed by atoms with E-state index in [0.29, 0.717) is 11.8 Å². The van der Waals surface area contributed by atoms with Crippen LogP contribution in [0.2, 0.25) is 0 Å². The number of nitrogens with one attached hydrogen (secondary N) is 1. The smallest absolute Gasteiger partial charge is 0.230 e. The first-order valence-corrected chi connectivity index (χ1v) is 11.0. The first kappa shape index (κ1) is 16.9. The number of carbonyl (C=O) groups is 1. The van der Waals surface area contributed by atoms with Crippen LogP contribution in [0.15, 0.2) is 22.5 Å². The molecule has 130 valence electrons. The van der Waals surface area contributed by atoms with Crippen LogP contribution >= 0.6 is 34.4 Å². The minimum atomic E-state index is 0.0705. The van der Waals surface area contributed by atoms with Gasteiger partial charge in [0.15, 0.2) is 0 Å². The molecule has 1 aliphatic carbocycles. The number of rotatable bonds is 5. The van der Waals surface area contributed by atoms with Crippen molar-refractivity contribution in [3.63, 3.8) is 0 Å². The topological polar surface area (TPSA) is 67.8 Å². The zero-order valence-corrected chi connectivity index (χ0v) is 16.3. The molecule has 0 saturated heterocycles. The SMILES string of the molecule is Cc1nc2c(SCC(=O)NC3CCCC3)nnc(-c3cccs3)c2s1. The molecule has 0 spiro atoms. The Bertz CT molecular complexity index is 885. The van der Waals surface area contributed by atoms with Crippen molar-refractivity contribution in [2.24, 2.45) is 0 Å².